The molecule has 90 valence electrons. The Morgan fingerprint density at radius 3 is 2.78 bits per heavy atom. The summed E-state index contributed by atoms with van der Waals surface area (Å²) in [6.07, 6.45) is 0. The lowest BCUT2D eigenvalue weighted by molar-refractivity contribution is 0.619. The highest BCUT2D eigenvalue weighted by Gasteiger charge is 2.10. The second-order valence-electron chi connectivity index (χ2n) is 4.34. The molecular formula is C15H14N2O. The van der Waals surface area contributed by atoms with E-state index in [4.69, 9.17) is 10.2 Å². The molecule has 3 rings (SSSR count). The Labute approximate surface area is 105 Å². The van der Waals surface area contributed by atoms with Crippen molar-refractivity contribution in [1.29, 1.82) is 0 Å². The minimum atomic E-state index is 0.510. The number of nitrogens with zero attached hydrogens (tertiary/aromatic N) is 1. The van der Waals surface area contributed by atoms with Gasteiger partial charge in [0.15, 0.2) is 5.58 Å². The first-order chi connectivity index (χ1) is 8.78. The summed E-state index contributed by atoms with van der Waals surface area (Å²) in [6.45, 7) is 2.56. The normalized spacial score (nSPS) is 11.0. The van der Waals surface area contributed by atoms with E-state index in [9.17, 15) is 0 Å². The van der Waals surface area contributed by atoms with Crippen LogP contribution in [0.5, 0.6) is 0 Å². The Morgan fingerprint density at radius 2 is 2.00 bits per heavy atom. The molecule has 0 atom stereocenters. The molecule has 0 radical (unpaired) electrons. The van der Waals surface area contributed by atoms with Crippen LogP contribution in [0, 0.1) is 6.92 Å². The molecule has 0 aliphatic rings. The fourth-order valence-electron chi connectivity index (χ4n) is 2.02. The van der Waals surface area contributed by atoms with Crippen LogP contribution in [0.25, 0.3) is 22.6 Å². The van der Waals surface area contributed by atoms with Gasteiger partial charge in [-0.3, -0.25) is 0 Å². The van der Waals surface area contributed by atoms with Gasteiger partial charge in [0.25, 0.3) is 0 Å². The topological polar surface area (TPSA) is 52.0 Å². The summed E-state index contributed by atoms with van der Waals surface area (Å²) < 4.78 is 5.81. The van der Waals surface area contributed by atoms with Gasteiger partial charge in [0, 0.05) is 12.1 Å². The third-order valence-corrected chi connectivity index (χ3v) is 3.06. The molecule has 0 amide bonds. The van der Waals surface area contributed by atoms with E-state index in [1.165, 1.54) is 0 Å². The Morgan fingerprint density at radius 1 is 1.17 bits per heavy atom. The van der Waals surface area contributed by atoms with E-state index in [1.54, 1.807) is 0 Å². The predicted molar refractivity (Wildman–Crippen MR) is 72.1 cm³/mol. The molecule has 0 saturated carbocycles. The zero-order valence-corrected chi connectivity index (χ0v) is 10.2. The monoisotopic (exact) mass is 238 g/mol. The highest BCUT2D eigenvalue weighted by atomic mass is 16.3. The van der Waals surface area contributed by atoms with Crippen molar-refractivity contribution < 1.29 is 4.42 Å². The van der Waals surface area contributed by atoms with Crippen molar-refractivity contribution >= 4 is 11.1 Å². The van der Waals surface area contributed by atoms with Crippen LogP contribution in [0.15, 0.2) is 46.9 Å². The lowest BCUT2D eigenvalue weighted by atomic mass is 10.1. The van der Waals surface area contributed by atoms with Crippen LogP contribution >= 0.6 is 0 Å². The highest BCUT2D eigenvalue weighted by molar-refractivity contribution is 5.77. The van der Waals surface area contributed by atoms with Gasteiger partial charge in [-0.2, -0.15) is 0 Å². The maximum atomic E-state index is 5.81. The quantitative estimate of drug-likeness (QED) is 0.745. The molecule has 3 heteroatoms. The number of aromatic nitrogens is 1. The molecule has 0 bridgehead atoms. The predicted octanol–water partition coefficient (Wildman–Crippen LogP) is 3.26. The summed E-state index contributed by atoms with van der Waals surface area (Å²) in [4.78, 5) is 4.51. The zero-order chi connectivity index (χ0) is 12.5. The minimum Gasteiger partial charge on any atom is -0.436 e. The smallest absolute Gasteiger partial charge is 0.227 e. The molecule has 18 heavy (non-hydrogen) atoms. The van der Waals surface area contributed by atoms with Crippen LogP contribution in [-0.2, 0) is 6.54 Å². The SMILES string of the molecule is Cc1ccccc1-c1nc2ccc(CN)cc2o1. The molecule has 0 fully saturated rings. The molecule has 2 N–H and O–H groups in total. The van der Waals surface area contributed by atoms with Gasteiger partial charge in [-0.15, -0.1) is 0 Å². The zero-order valence-electron chi connectivity index (χ0n) is 10.2. The number of hydrogen-bond acceptors (Lipinski definition) is 3. The second-order valence-corrected chi connectivity index (χ2v) is 4.34. The number of aryl methyl sites for hydroxylation is 1. The van der Waals surface area contributed by atoms with Crippen molar-refractivity contribution in [1.82, 2.24) is 4.98 Å². The van der Waals surface area contributed by atoms with Gasteiger partial charge in [-0.05, 0) is 36.2 Å². The number of rotatable bonds is 2. The van der Waals surface area contributed by atoms with E-state index in [0.717, 1.165) is 27.8 Å². The van der Waals surface area contributed by atoms with Crippen molar-refractivity contribution in [2.45, 2.75) is 13.5 Å². The maximum absolute atomic E-state index is 5.81. The first-order valence-corrected chi connectivity index (χ1v) is 5.93. The summed E-state index contributed by atoms with van der Waals surface area (Å²) in [6, 6.07) is 13.9. The lowest BCUT2D eigenvalue weighted by Gasteiger charge is -1.98. The van der Waals surface area contributed by atoms with E-state index in [0.29, 0.717) is 12.4 Å². The molecule has 0 saturated heterocycles. The van der Waals surface area contributed by atoms with Crippen molar-refractivity contribution in [3.63, 3.8) is 0 Å². The van der Waals surface area contributed by atoms with Gasteiger partial charge in [0.1, 0.15) is 5.52 Å². The summed E-state index contributed by atoms with van der Waals surface area (Å²) in [5, 5.41) is 0. The van der Waals surface area contributed by atoms with E-state index in [-0.39, 0.29) is 0 Å². The van der Waals surface area contributed by atoms with Gasteiger partial charge in [0.05, 0.1) is 0 Å². The van der Waals surface area contributed by atoms with Crippen LogP contribution in [0.2, 0.25) is 0 Å². The van der Waals surface area contributed by atoms with E-state index < -0.39 is 0 Å². The number of nitrogens with two attached hydrogens (primary N) is 1. The van der Waals surface area contributed by atoms with Gasteiger partial charge in [-0.1, -0.05) is 24.3 Å². The number of hydrogen-bond donors (Lipinski definition) is 1. The fourth-order valence-corrected chi connectivity index (χ4v) is 2.02. The van der Waals surface area contributed by atoms with Gasteiger partial charge >= 0.3 is 0 Å². The Kier molecular flexibility index (Phi) is 2.61. The molecular weight excluding hydrogens is 224 g/mol. The Bertz CT molecular complexity index is 701. The number of oxazole rings is 1. The van der Waals surface area contributed by atoms with Gasteiger partial charge < -0.3 is 10.2 Å². The van der Waals surface area contributed by atoms with E-state index in [1.807, 2.05) is 36.4 Å². The van der Waals surface area contributed by atoms with Crippen LogP contribution in [0.4, 0.5) is 0 Å². The highest BCUT2D eigenvalue weighted by Crippen LogP contribution is 2.26. The summed E-state index contributed by atoms with van der Waals surface area (Å²) in [5.41, 5.74) is 10.5. The molecule has 2 aromatic carbocycles. The van der Waals surface area contributed by atoms with Crippen LogP contribution in [0.3, 0.4) is 0 Å². The third-order valence-electron chi connectivity index (χ3n) is 3.06. The second kappa shape index (κ2) is 4.27. The summed E-state index contributed by atoms with van der Waals surface area (Å²) >= 11 is 0. The third kappa shape index (κ3) is 1.79. The molecule has 0 aliphatic heterocycles. The van der Waals surface area contributed by atoms with Crippen molar-refractivity contribution in [2.75, 3.05) is 0 Å². The lowest BCUT2D eigenvalue weighted by Crippen LogP contribution is -1.94. The molecule has 3 nitrogen and oxygen atoms in total. The van der Waals surface area contributed by atoms with E-state index >= 15 is 0 Å². The molecule has 0 aliphatic carbocycles. The fraction of sp³-hybridized carbons (Fsp3) is 0.133. The molecule has 1 aromatic heterocycles. The van der Waals surface area contributed by atoms with Crippen LogP contribution in [0.1, 0.15) is 11.1 Å². The average Bonchev–Trinajstić information content (AvgIpc) is 2.81. The van der Waals surface area contributed by atoms with Crippen molar-refractivity contribution in [3.8, 4) is 11.5 Å². The minimum absolute atomic E-state index is 0.510. The summed E-state index contributed by atoms with van der Waals surface area (Å²) in [7, 11) is 0. The molecule has 1 heterocycles. The Balaban J connectivity index is 2.17. The van der Waals surface area contributed by atoms with Crippen molar-refractivity contribution in [2.24, 2.45) is 5.73 Å². The van der Waals surface area contributed by atoms with Crippen LogP contribution < -0.4 is 5.73 Å². The van der Waals surface area contributed by atoms with Crippen LogP contribution in [-0.4, -0.2) is 4.98 Å². The first-order valence-electron chi connectivity index (χ1n) is 5.93. The van der Waals surface area contributed by atoms with Crippen molar-refractivity contribution in [3.05, 3.63) is 53.6 Å². The van der Waals surface area contributed by atoms with E-state index in [2.05, 4.69) is 18.0 Å². The largest absolute Gasteiger partial charge is 0.436 e. The Hall–Kier alpha value is -2.13. The standard InChI is InChI=1S/C15H14N2O/c1-10-4-2-3-5-12(10)15-17-13-7-6-11(9-16)8-14(13)18-15/h2-8H,9,16H2,1H3. The van der Waals surface area contributed by atoms with Gasteiger partial charge in [0.2, 0.25) is 5.89 Å². The number of benzene rings is 2. The molecule has 0 spiro atoms. The first kappa shape index (κ1) is 11.0. The maximum Gasteiger partial charge on any atom is 0.227 e. The molecule has 3 aromatic rings. The summed E-state index contributed by atoms with van der Waals surface area (Å²) in [5.74, 6) is 0.664. The number of fused-ring (bicyclic) bond motifs is 1. The molecule has 0 unspecified atom stereocenters. The van der Waals surface area contributed by atoms with Gasteiger partial charge in [-0.25, -0.2) is 4.98 Å². The average molecular weight is 238 g/mol.